The lowest BCUT2D eigenvalue weighted by Gasteiger charge is -2.39. The van der Waals surface area contributed by atoms with E-state index in [4.69, 9.17) is 0 Å². The normalized spacial score (nSPS) is 22.6. The third-order valence-electron chi connectivity index (χ3n) is 4.31. The lowest BCUT2D eigenvalue weighted by atomic mass is 9.76. The molecule has 5 heteroatoms. The summed E-state index contributed by atoms with van der Waals surface area (Å²) in [5, 5.41) is 10.6. The number of para-hydroxylation sites is 1. The van der Waals surface area contributed by atoms with Crippen molar-refractivity contribution in [2.24, 2.45) is 5.41 Å². The molecule has 1 N–H and O–H groups in total. The molecule has 1 unspecified atom stereocenters. The number of thiazole rings is 1. The molecule has 1 fully saturated rings. The molecule has 0 spiro atoms. The van der Waals surface area contributed by atoms with Crippen molar-refractivity contribution < 1.29 is 9.90 Å². The summed E-state index contributed by atoms with van der Waals surface area (Å²) in [7, 11) is 0. The van der Waals surface area contributed by atoms with Gasteiger partial charge in [0.15, 0.2) is 5.13 Å². The van der Waals surface area contributed by atoms with Crippen molar-refractivity contribution in [2.45, 2.75) is 32.6 Å². The zero-order valence-corrected chi connectivity index (χ0v) is 13.0. The van der Waals surface area contributed by atoms with E-state index in [9.17, 15) is 9.90 Å². The molecule has 2 aromatic rings. The second kappa shape index (κ2) is 5.64. The Morgan fingerprint density at radius 3 is 3.00 bits per heavy atom. The molecule has 3 rings (SSSR count). The van der Waals surface area contributed by atoms with Crippen molar-refractivity contribution in [2.75, 3.05) is 18.0 Å². The molecule has 0 amide bonds. The molecule has 1 atom stereocenters. The van der Waals surface area contributed by atoms with Crippen molar-refractivity contribution in [1.82, 2.24) is 4.98 Å². The minimum Gasteiger partial charge on any atom is -0.481 e. The van der Waals surface area contributed by atoms with Gasteiger partial charge in [-0.1, -0.05) is 36.8 Å². The first kappa shape index (κ1) is 14.3. The van der Waals surface area contributed by atoms with E-state index in [0.29, 0.717) is 6.54 Å². The third kappa shape index (κ3) is 2.62. The highest BCUT2D eigenvalue weighted by molar-refractivity contribution is 7.22. The Morgan fingerprint density at radius 2 is 2.29 bits per heavy atom. The van der Waals surface area contributed by atoms with Gasteiger partial charge in [-0.25, -0.2) is 4.98 Å². The van der Waals surface area contributed by atoms with Gasteiger partial charge < -0.3 is 10.0 Å². The molecule has 4 nitrogen and oxygen atoms in total. The van der Waals surface area contributed by atoms with Crippen LogP contribution in [0.2, 0.25) is 0 Å². The predicted octanol–water partition coefficient (Wildman–Crippen LogP) is 3.77. The van der Waals surface area contributed by atoms with E-state index >= 15 is 0 Å². The van der Waals surface area contributed by atoms with Crippen LogP contribution in [0.4, 0.5) is 5.13 Å². The van der Waals surface area contributed by atoms with Crippen LogP contribution in [0.5, 0.6) is 0 Å². The lowest BCUT2D eigenvalue weighted by molar-refractivity contribution is -0.150. The molecule has 2 heterocycles. The number of rotatable bonds is 4. The van der Waals surface area contributed by atoms with Crippen LogP contribution in [0.1, 0.15) is 32.6 Å². The monoisotopic (exact) mass is 304 g/mol. The molecule has 1 aromatic heterocycles. The minimum absolute atomic E-state index is 0.579. The highest BCUT2D eigenvalue weighted by Crippen LogP contribution is 2.39. The standard InChI is InChI=1S/C16H20N2O2S/c1-2-8-16(14(19)20)9-5-10-18(11-16)15-17-12-6-3-4-7-13(12)21-15/h3-4,6-7H,2,5,8-11H2,1H3,(H,19,20). The molecule has 0 saturated carbocycles. The van der Waals surface area contributed by atoms with Crippen molar-refractivity contribution in [1.29, 1.82) is 0 Å². The average molecular weight is 304 g/mol. The summed E-state index contributed by atoms with van der Waals surface area (Å²) in [6, 6.07) is 8.08. The molecule has 1 aliphatic heterocycles. The molecular formula is C16H20N2O2S. The summed E-state index contributed by atoms with van der Waals surface area (Å²) in [5.74, 6) is -0.657. The number of nitrogens with zero attached hydrogens (tertiary/aromatic N) is 2. The number of fused-ring (bicyclic) bond motifs is 1. The molecule has 1 aromatic carbocycles. The van der Waals surface area contributed by atoms with E-state index in [2.05, 4.69) is 22.9 Å². The quantitative estimate of drug-likeness (QED) is 0.934. The zero-order valence-electron chi connectivity index (χ0n) is 12.2. The van der Waals surface area contributed by atoms with Gasteiger partial charge in [-0.2, -0.15) is 0 Å². The first-order valence-corrected chi connectivity index (χ1v) is 8.30. The fourth-order valence-electron chi connectivity index (χ4n) is 3.25. The minimum atomic E-state index is -0.657. The first-order valence-electron chi connectivity index (χ1n) is 7.48. The number of aliphatic carboxylic acids is 1. The molecule has 1 aliphatic rings. The van der Waals surface area contributed by atoms with Gasteiger partial charge in [-0.05, 0) is 31.4 Å². The van der Waals surface area contributed by atoms with Gasteiger partial charge in [0, 0.05) is 13.1 Å². The fourth-order valence-corrected chi connectivity index (χ4v) is 4.24. The van der Waals surface area contributed by atoms with Crippen molar-refractivity contribution in [3.05, 3.63) is 24.3 Å². The molecule has 112 valence electrons. The highest BCUT2D eigenvalue weighted by atomic mass is 32.1. The molecule has 0 bridgehead atoms. The summed E-state index contributed by atoms with van der Waals surface area (Å²) in [4.78, 5) is 18.6. The van der Waals surface area contributed by atoms with Crippen LogP contribution < -0.4 is 4.90 Å². The van der Waals surface area contributed by atoms with Crippen LogP contribution >= 0.6 is 11.3 Å². The second-order valence-corrected chi connectivity index (χ2v) is 6.83. The van der Waals surface area contributed by atoms with Crippen molar-refractivity contribution in [3.8, 4) is 0 Å². The van der Waals surface area contributed by atoms with E-state index in [-0.39, 0.29) is 0 Å². The number of piperidine rings is 1. The summed E-state index contributed by atoms with van der Waals surface area (Å²) in [6.45, 7) is 3.54. The van der Waals surface area contributed by atoms with Crippen LogP contribution in [0.15, 0.2) is 24.3 Å². The molecular weight excluding hydrogens is 284 g/mol. The van der Waals surface area contributed by atoms with E-state index < -0.39 is 11.4 Å². The summed E-state index contributed by atoms with van der Waals surface area (Å²) < 4.78 is 1.16. The number of carboxylic acids is 1. The van der Waals surface area contributed by atoms with Gasteiger partial charge in [0.2, 0.25) is 0 Å². The lowest BCUT2D eigenvalue weighted by Crippen LogP contribution is -2.48. The van der Waals surface area contributed by atoms with Crippen molar-refractivity contribution >= 4 is 32.7 Å². The highest BCUT2D eigenvalue weighted by Gasteiger charge is 2.42. The van der Waals surface area contributed by atoms with Crippen LogP contribution in [0, 0.1) is 5.41 Å². The maximum atomic E-state index is 11.8. The number of anilines is 1. The largest absolute Gasteiger partial charge is 0.481 e. The predicted molar refractivity (Wildman–Crippen MR) is 86.0 cm³/mol. The number of hydrogen-bond donors (Lipinski definition) is 1. The maximum Gasteiger partial charge on any atom is 0.311 e. The van der Waals surface area contributed by atoms with Crippen molar-refractivity contribution in [3.63, 3.8) is 0 Å². The summed E-state index contributed by atoms with van der Waals surface area (Å²) >= 11 is 1.66. The van der Waals surface area contributed by atoms with Gasteiger partial charge in [0.25, 0.3) is 0 Å². The Kier molecular flexibility index (Phi) is 3.85. The Morgan fingerprint density at radius 1 is 1.48 bits per heavy atom. The van der Waals surface area contributed by atoms with Crippen LogP contribution in [-0.2, 0) is 4.79 Å². The SMILES string of the molecule is CCCC1(C(=O)O)CCCN(c2nc3ccccc3s2)C1. The third-order valence-corrected chi connectivity index (χ3v) is 5.41. The molecule has 1 saturated heterocycles. The van der Waals surface area contributed by atoms with E-state index in [1.807, 2.05) is 18.2 Å². The topological polar surface area (TPSA) is 53.4 Å². The zero-order chi connectivity index (χ0) is 14.9. The van der Waals surface area contributed by atoms with Gasteiger partial charge in [-0.15, -0.1) is 0 Å². The number of carbonyl (C=O) groups is 1. The van der Waals surface area contributed by atoms with Gasteiger partial charge in [0.05, 0.1) is 15.6 Å². The smallest absolute Gasteiger partial charge is 0.311 e. The number of carboxylic acid groups (broad SMARTS) is 1. The second-order valence-electron chi connectivity index (χ2n) is 5.82. The Bertz CT molecular complexity index is 618. The first-order chi connectivity index (χ1) is 10.1. The fraction of sp³-hybridized carbons (Fsp3) is 0.500. The van der Waals surface area contributed by atoms with Crippen LogP contribution in [0.25, 0.3) is 10.2 Å². The Labute approximate surface area is 128 Å². The average Bonchev–Trinajstić information content (AvgIpc) is 2.91. The van der Waals surface area contributed by atoms with Gasteiger partial charge in [-0.3, -0.25) is 4.79 Å². The summed E-state index contributed by atoms with van der Waals surface area (Å²) in [5.41, 5.74) is 0.393. The van der Waals surface area contributed by atoms with Gasteiger partial charge in [0.1, 0.15) is 0 Å². The number of hydrogen-bond acceptors (Lipinski definition) is 4. The molecule has 0 radical (unpaired) electrons. The van der Waals surface area contributed by atoms with Crippen LogP contribution in [-0.4, -0.2) is 29.1 Å². The molecule has 21 heavy (non-hydrogen) atoms. The van der Waals surface area contributed by atoms with Crippen LogP contribution in [0.3, 0.4) is 0 Å². The van der Waals surface area contributed by atoms with E-state index in [1.54, 1.807) is 11.3 Å². The van der Waals surface area contributed by atoms with E-state index in [1.165, 1.54) is 0 Å². The Hall–Kier alpha value is -1.62. The summed E-state index contributed by atoms with van der Waals surface area (Å²) in [6.07, 6.45) is 3.34. The Balaban J connectivity index is 1.89. The maximum absolute atomic E-state index is 11.8. The number of aromatic nitrogens is 1. The van der Waals surface area contributed by atoms with Gasteiger partial charge >= 0.3 is 5.97 Å². The number of benzene rings is 1. The van der Waals surface area contributed by atoms with E-state index in [0.717, 1.165) is 47.6 Å². The molecule has 0 aliphatic carbocycles.